The van der Waals surface area contributed by atoms with Crippen molar-refractivity contribution in [3.63, 3.8) is 0 Å². The van der Waals surface area contributed by atoms with Gasteiger partial charge in [0.25, 0.3) is 5.91 Å². The average Bonchev–Trinajstić information content (AvgIpc) is 2.84. The number of carbonyl (C=O) groups is 1. The molecule has 18 heavy (non-hydrogen) atoms. The number of carbonyl (C=O) groups excluding carboxylic acids is 1. The van der Waals surface area contributed by atoms with Crippen LogP contribution in [0.1, 0.15) is 23.3 Å². The Morgan fingerprint density at radius 3 is 2.67 bits per heavy atom. The molecule has 2 rings (SSSR count). The van der Waals surface area contributed by atoms with Gasteiger partial charge in [0.2, 0.25) is 0 Å². The summed E-state index contributed by atoms with van der Waals surface area (Å²) in [4.78, 5) is 14.1. The van der Waals surface area contributed by atoms with Crippen molar-refractivity contribution in [2.45, 2.75) is 17.6 Å². The Morgan fingerprint density at radius 2 is 2.22 bits per heavy atom. The summed E-state index contributed by atoms with van der Waals surface area (Å²) in [5.41, 5.74) is 0.601. The predicted octanol–water partition coefficient (Wildman–Crippen LogP) is 1.28. The second-order valence-corrected chi connectivity index (χ2v) is 5.63. The molecule has 5 nitrogen and oxygen atoms in total. The van der Waals surface area contributed by atoms with Gasteiger partial charge in [0, 0.05) is 26.3 Å². The molecule has 0 unspecified atom stereocenters. The zero-order chi connectivity index (χ0) is 13.2. The first kappa shape index (κ1) is 13.0. The van der Waals surface area contributed by atoms with Gasteiger partial charge >= 0.3 is 0 Å². The van der Waals surface area contributed by atoms with Gasteiger partial charge in [-0.05, 0) is 25.2 Å². The second kappa shape index (κ2) is 5.02. The maximum atomic E-state index is 12.2. The van der Waals surface area contributed by atoms with Crippen molar-refractivity contribution in [3.8, 4) is 6.07 Å². The fourth-order valence-electron chi connectivity index (χ4n) is 2.18. The molecule has 96 valence electrons. The Kier molecular flexibility index (Phi) is 3.62. The van der Waals surface area contributed by atoms with Crippen LogP contribution in [0.15, 0.2) is 12.3 Å². The highest BCUT2D eigenvalue weighted by Crippen LogP contribution is 2.34. The lowest BCUT2D eigenvalue weighted by Gasteiger charge is -2.36. The number of rotatable bonds is 2. The van der Waals surface area contributed by atoms with Crippen molar-refractivity contribution in [2.24, 2.45) is 7.05 Å². The van der Waals surface area contributed by atoms with Crippen LogP contribution in [-0.2, 0) is 7.05 Å². The molecule has 1 aliphatic heterocycles. The first-order valence-corrected chi connectivity index (χ1v) is 7.08. The minimum atomic E-state index is -0.316. The van der Waals surface area contributed by atoms with Crippen molar-refractivity contribution in [1.29, 1.82) is 5.26 Å². The highest BCUT2D eigenvalue weighted by atomic mass is 32.2. The highest BCUT2D eigenvalue weighted by Gasteiger charge is 2.35. The zero-order valence-electron chi connectivity index (χ0n) is 10.6. The SMILES string of the molecule is CSC1(C#N)CCN(C(=O)c2ccnn2C)CC1. The minimum absolute atomic E-state index is 0.00245. The lowest BCUT2D eigenvalue weighted by molar-refractivity contribution is 0.0705. The fraction of sp³-hybridized carbons (Fsp3) is 0.583. The molecule has 1 aromatic heterocycles. The molecule has 0 spiro atoms. The van der Waals surface area contributed by atoms with Crippen LogP contribution < -0.4 is 0 Å². The van der Waals surface area contributed by atoms with Crippen LogP contribution in [0.4, 0.5) is 0 Å². The maximum Gasteiger partial charge on any atom is 0.272 e. The topological polar surface area (TPSA) is 61.9 Å². The van der Waals surface area contributed by atoms with Crippen LogP contribution in [0.5, 0.6) is 0 Å². The third-order valence-corrected chi connectivity index (χ3v) is 4.77. The second-order valence-electron chi connectivity index (χ2n) is 4.44. The number of piperidine rings is 1. The van der Waals surface area contributed by atoms with Gasteiger partial charge in [-0.1, -0.05) is 0 Å². The van der Waals surface area contributed by atoms with Crippen LogP contribution in [0, 0.1) is 11.3 Å². The molecule has 0 radical (unpaired) electrons. The molecule has 0 atom stereocenters. The first-order chi connectivity index (χ1) is 8.62. The average molecular weight is 264 g/mol. The van der Waals surface area contributed by atoms with E-state index in [1.165, 1.54) is 0 Å². The first-order valence-electron chi connectivity index (χ1n) is 5.85. The van der Waals surface area contributed by atoms with E-state index in [0.29, 0.717) is 18.8 Å². The van der Waals surface area contributed by atoms with Crippen molar-refractivity contribution < 1.29 is 4.79 Å². The van der Waals surface area contributed by atoms with Gasteiger partial charge < -0.3 is 4.90 Å². The van der Waals surface area contributed by atoms with Crippen LogP contribution in [0.3, 0.4) is 0 Å². The van der Waals surface area contributed by atoms with Crippen molar-refractivity contribution in [3.05, 3.63) is 18.0 Å². The summed E-state index contributed by atoms with van der Waals surface area (Å²) >= 11 is 1.59. The molecule has 6 heteroatoms. The normalized spacial score (nSPS) is 18.4. The summed E-state index contributed by atoms with van der Waals surface area (Å²) in [5.74, 6) is 0.00245. The van der Waals surface area contributed by atoms with Gasteiger partial charge in [-0.25, -0.2) is 0 Å². The summed E-state index contributed by atoms with van der Waals surface area (Å²) in [6.07, 6.45) is 5.04. The van der Waals surface area contributed by atoms with Crippen LogP contribution in [0.2, 0.25) is 0 Å². The minimum Gasteiger partial charge on any atom is -0.337 e. The number of aromatic nitrogens is 2. The molecule has 1 aromatic rings. The molecule has 0 N–H and O–H groups in total. The summed E-state index contributed by atoms with van der Waals surface area (Å²) in [6, 6.07) is 4.11. The summed E-state index contributed by atoms with van der Waals surface area (Å²) < 4.78 is 1.27. The Morgan fingerprint density at radius 1 is 1.56 bits per heavy atom. The van der Waals surface area contributed by atoms with E-state index in [1.54, 1.807) is 35.8 Å². The number of hydrogen-bond acceptors (Lipinski definition) is 4. The van der Waals surface area contributed by atoms with Gasteiger partial charge in [0.05, 0.1) is 6.07 Å². The Balaban J connectivity index is 2.05. The van der Waals surface area contributed by atoms with E-state index in [1.807, 2.05) is 11.2 Å². The third kappa shape index (κ3) is 2.23. The van der Waals surface area contributed by atoms with Gasteiger partial charge in [-0.3, -0.25) is 9.48 Å². The standard InChI is InChI=1S/C12H16N4OS/c1-15-10(3-6-14-15)11(17)16-7-4-12(9-13,18-2)5-8-16/h3,6H,4-5,7-8H2,1-2H3. The number of nitrogens with zero attached hydrogens (tertiary/aromatic N) is 4. The van der Waals surface area contributed by atoms with E-state index in [2.05, 4.69) is 11.2 Å². The molecule has 1 aliphatic rings. The van der Waals surface area contributed by atoms with E-state index < -0.39 is 0 Å². The Hall–Kier alpha value is -1.48. The van der Waals surface area contributed by atoms with Crippen molar-refractivity contribution in [2.75, 3.05) is 19.3 Å². The van der Waals surface area contributed by atoms with E-state index in [0.717, 1.165) is 12.8 Å². The molecule has 0 aromatic carbocycles. The summed E-state index contributed by atoms with van der Waals surface area (Å²) in [7, 11) is 1.76. The highest BCUT2D eigenvalue weighted by molar-refractivity contribution is 8.00. The molecular weight excluding hydrogens is 248 g/mol. The number of hydrogen-bond donors (Lipinski definition) is 0. The number of aryl methyl sites for hydroxylation is 1. The molecule has 0 saturated carbocycles. The van der Waals surface area contributed by atoms with E-state index >= 15 is 0 Å². The number of thioether (sulfide) groups is 1. The summed E-state index contributed by atoms with van der Waals surface area (Å²) in [6.45, 7) is 1.27. The number of nitriles is 1. The Bertz CT molecular complexity index is 483. The molecular formula is C12H16N4OS. The predicted molar refractivity (Wildman–Crippen MR) is 70.2 cm³/mol. The molecule has 0 bridgehead atoms. The maximum absolute atomic E-state index is 12.2. The monoisotopic (exact) mass is 264 g/mol. The number of amides is 1. The number of likely N-dealkylation sites (tertiary alicyclic amines) is 1. The molecule has 0 aliphatic carbocycles. The van der Waals surface area contributed by atoms with E-state index in [9.17, 15) is 10.1 Å². The molecule has 1 saturated heterocycles. The van der Waals surface area contributed by atoms with E-state index in [4.69, 9.17) is 0 Å². The van der Waals surface area contributed by atoms with Crippen molar-refractivity contribution >= 4 is 17.7 Å². The quantitative estimate of drug-likeness (QED) is 0.807. The van der Waals surface area contributed by atoms with Crippen LogP contribution in [-0.4, -0.2) is 44.7 Å². The lowest BCUT2D eigenvalue weighted by atomic mass is 9.97. The van der Waals surface area contributed by atoms with Crippen LogP contribution >= 0.6 is 11.8 Å². The van der Waals surface area contributed by atoms with Gasteiger partial charge in [-0.2, -0.15) is 10.4 Å². The van der Waals surface area contributed by atoms with Gasteiger partial charge in [0.15, 0.2) is 0 Å². The third-order valence-electron chi connectivity index (χ3n) is 3.49. The summed E-state index contributed by atoms with van der Waals surface area (Å²) in [5, 5.41) is 13.2. The smallest absolute Gasteiger partial charge is 0.272 e. The van der Waals surface area contributed by atoms with Crippen molar-refractivity contribution in [1.82, 2.24) is 14.7 Å². The Labute approximate surface area is 111 Å². The molecule has 2 heterocycles. The van der Waals surface area contributed by atoms with Gasteiger partial charge in [0.1, 0.15) is 10.4 Å². The van der Waals surface area contributed by atoms with Gasteiger partial charge in [-0.15, -0.1) is 11.8 Å². The van der Waals surface area contributed by atoms with E-state index in [-0.39, 0.29) is 10.7 Å². The lowest BCUT2D eigenvalue weighted by Crippen LogP contribution is -2.44. The fourth-order valence-corrected chi connectivity index (χ4v) is 2.86. The largest absolute Gasteiger partial charge is 0.337 e. The zero-order valence-corrected chi connectivity index (χ0v) is 11.4. The molecule has 1 fully saturated rings. The molecule has 1 amide bonds. The van der Waals surface area contributed by atoms with Crippen LogP contribution in [0.25, 0.3) is 0 Å².